The number of aromatic nitrogens is 2. The highest BCUT2D eigenvalue weighted by molar-refractivity contribution is 5.03. The number of methoxy groups -OCH3 is 2. The lowest BCUT2D eigenvalue weighted by Crippen LogP contribution is -1.95. The van der Waals surface area contributed by atoms with Crippen LogP contribution in [0.4, 0.5) is 0 Å². The average molecular weight is 274 g/mol. The van der Waals surface area contributed by atoms with Crippen LogP contribution in [0.3, 0.4) is 0 Å². The predicted octanol–water partition coefficient (Wildman–Crippen LogP) is 2.54. The highest BCUT2D eigenvalue weighted by Gasteiger charge is 1.90. The molecule has 4 heteroatoms. The van der Waals surface area contributed by atoms with E-state index in [1.165, 1.54) is 0 Å². The Morgan fingerprint density at radius 3 is 1.50 bits per heavy atom. The Kier molecular flexibility index (Phi) is 9.02. The minimum Gasteiger partial charge on any atom is -0.384 e. The van der Waals surface area contributed by atoms with E-state index in [1.54, 1.807) is 26.6 Å². The highest BCUT2D eigenvalue weighted by Crippen LogP contribution is 1.94. The van der Waals surface area contributed by atoms with Gasteiger partial charge in [-0.25, -0.2) is 0 Å². The van der Waals surface area contributed by atoms with Crippen molar-refractivity contribution in [3.05, 3.63) is 60.2 Å². The lowest BCUT2D eigenvalue weighted by Gasteiger charge is -1.96. The molecule has 0 radical (unpaired) electrons. The van der Waals surface area contributed by atoms with Crippen molar-refractivity contribution in [3.63, 3.8) is 0 Å². The lowest BCUT2D eigenvalue weighted by atomic mass is 10.3. The lowest BCUT2D eigenvalue weighted by molar-refractivity contribution is 0.201. The van der Waals surface area contributed by atoms with Gasteiger partial charge in [-0.15, -0.1) is 0 Å². The second kappa shape index (κ2) is 11.1. The molecular formula is C16H22N2O2. The normalized spacial score (nSPS) is 9.70. The molecule has 0 bridgehead atoms. The Morgan fingerprint density at radius 1 is 0.750 bits per heavy atom. The fraction of sp³-hybridized carbons (Fsp3) is 0.375. The van der Waals surface area contributed by atoms with Crippen LogP contribution in [0.1, 0.15) is 11.4 Å². The van der Waals surface area contributed by atoms with Gasteiger partial charge in [0.1, 0.15) is 0 Å². The molecule has 2 rings (SSSR count). The molecule has 0 aliphatic rings. The van der Waals surface area contributed by atoms with E-state index < -0.39 is 0 Å². The molecule has 0 saturated carbocycles. The van der Waals surface area contributed by atoms with E-state index in [0.29, 0.717) is 0 Å². The van der Waals surface area contributed by atoms with Crippen LogP contribution in [0.5, 0.6) is 0 Å². The van der Waals surface area contributed by atoms with E-state index in [-0.39, 0.29) is 0 Å². The third-order valence-corrected chi connectivity index (χ3v) is 2.58. The largest absolute Gasteiger partial charge is 0.384 e. The van der Waals surface area contributed by atoms with Crippen molar-refractivity contribution < 1.29 is 9.47 Å². The minimum atomic E-state index is 0.747. The van der Waals surface area contributed by atoms with Crippen LogP contribution >= 0.6 is 0 Å². The molecule has 108 valence electrons. The van der Waals surface area contributed by atoms with Crippen molar-refractivity contribution in [2.24, 2.45) is 0 Å². The molecule has 0 aliphatic carbocycles. The molecule has 0 N–H and O–H groups in total. The summed E-state index contributed by atoms with van der Waals surface area (Å²) < 4.78 is 9.81. The van der Waals surface area contributed by atoms with E-state index in [4.69, 9.17) is 9.47 Å². The van der Waals surface area contributed by atoms with Crippen LogP contribution < -0.4 is 0 Å². The Balaban J connectivity index is 0.000000200. The minimum absolute atomic E-state index is 0.747. The zero-order chi connectivity index (χ0) is 14.5. The third-order valence-electron chi connectivity index (χ3n) is 2.58. The van der Waals surface area contributed by atoms with Gasteiger partial charge in [-0.3, -0.25) is 9.97 Å². The van der Waals surface area contributed by atoms with Crippen molar-refractivity contribution in [1.82, 2.24) is 9.97 Å². The smallest absolute Gasteiger partial charge is 0.0517 e. The molecule has 0 fully saturated rings. The van der Waals surface area contributed by atoms with E-state index in [2.05, 4.69) is 9.97 Å². The van der Waals surface area contributed by atoms with E-state index >= 15 is 0 Å². The summed E-state index contributed by atoms with van der Waals surface area (Å²) in [7, 11) is 3.39. The van der Waals surface area contributed by atoms with Gasteiger partial charge in [0.25, 0.3) is 0 Å². The molecule has 20 heavy (non-hydrogen) atoms. The molecule has 0 aromatic carbocycles. The number of hydrogen-bond acceptors (Lipinski definition) is 4. The van der Waals surface area contributed by atoms with Gasteiger partial charge in [-0.2, -0.15) is 0 Å². The number of pyridine rings is 2. The molecular weight excluding hydrogens is 252 g/mol. The van der Waals surface area contributed by atoms with Crippen LogP contribution in [0.15, 0.2) is 48.8 Å². The second-order valence-corrected chi connectivity index (χ2v) is 4.13. The fourth-order valence-electron chi connectivity index (χ4n) is 1.51. The van der Waals surface area contributed by atoms with Crippen LogP contribution in [0, 0.1) is 0 Å². The zero-order valence-electron chi connectivity index (χ0n) is 12.2. The Hall–Kier alpha value is -1.78. The molecule has 4 nitrogen and oxygen atoms in total. The van der Waals surface area contributed by atoms with Gasteiger partial charge in [0.15, 0.2) is 0 Å². The highest BCUT2D eigenvalue weighted by atomic mass is 16.5. The monoisotopic (exact) mass is 274 g/mol. The third kappa shape index (κ3) is 7.61. The van der Waals surface area contributed by atoms with Gasteiger partial charge in [0.2, 0.25) is 0 Å². The van der Waals surface area contributed by atoms with Crippen LogP contribution in [0.2, 0.25) is 0 Å². The predicted molar refractivity (Wildman–Crippen MR) is 79.6 cm³/mol. The topological polar surface area (TPSA) is 44.2 Å². The van der Waals surface area contributed by atoms with Crippen LogP contribution in [0.25, 0.3) is 0 Å². The summed E-state index contributed by atoms with van der Waals surface area (Å²) in [5.41, 5.74) is 2.17. The molecule has 2 aromatic heterocycles. The Morgan fingerprint density at radius 2 is 1.20 bits per heavy atom. The van der Waals surface area contributed by atoms with Gasteiger partial charge in [-0.05, 0) is 24.3 Å². The van der Waals surface area contributed by atoms with Gasteiger partial charge < -0.3 is 9.47 Å². The number of ether oxygens (including phenoxy) is 2. The summed E-state index contributed by atoms with van der Waals surface area (Å²) in [6.07, 6.45) is 5.39. The van der Waals surface area contributed by atoms with Crippen LogP contribution in [-0.2, 0) is 22.3 Å². The number of hydrogen-bond donors (Lipinski definition) is 0. The first-order chi connectivity index (χ1) is 9.86. The van der Waals surface area contributed by atoms with E-state index in [0.717, 1.165) is 37.4 Å². The quantitative estimate of drug-likeness (QED) is 0.812. The molecule has 2 heterocycles. The number of nitrogens with zero attached hydrogens (tertiary/aromatic N) is 2. The molecule has 0 saturated heterocycles. The first kappa shape index (κ1) is 16.3. The summed E-state index contributed by atoms with van der Waals surface area (Å²) in [5, 5.41) is 0. The summed E-state index contributed by atoms with van der Waals surface area (Å²) >= 11 is 0. The number of rotatable bonds is 6. The van der Waals surface area contributed by atoms with Gasteiger partial charge in [0, 0.05) is 50.8 Å². The van der Waals surface area contributed by atoms with Crippen molar-refractivity contribution in [2.75, 3.05) is 27.4 Å². The first-order valence-corrected chi connectivity index (χ1v) is 6.64. The average Bonchev–Trinajstić information content (AvgIpc) is 2.53. The molecule has 0 amide bonds. The second-order valence-electron chi connectivity index (χ2n) is 4.13. The molecule has 0 aliphatic heterocycles. The Bertz CT molecular complexity index is 391. The first-order valence-electron chi connectivity index (χ1n) is 6.64. The van der Waals surface area contributed by atoms with E-state index in [1.807, 2.05) is 36.4 Å². The standard InChI is InChI=1S/2C8H11NO/c2*1-10-7-5-8-4-2-3-6-9-8/h2*2-4,6H,5,7H2,1H3. The van der Waals surface area contributed by atoms with Crippen molar-refractivity contribution in [3.8, 4) is 0 Å². The maximum atomic E-state index is 4.91. The van der Waals surface area contributed by atoms with Crippen molar-refractivity contribution in [1.29, 1.82) is 0 Å². The molecule has 0 spiro atoms. The van der Waals surface area contributed by atoms with E-state index in [9.17, 15) is 0 Å². The van der Waals surface area contributed by atoms with Crippen molar-refractivity contribution in [2.45, 2.75) is 12.8 Å². The summed E-state index contributed by atoms with van der Waals surface area (Å²) in [6, 6.07) is 11.8. The fourth-order valence-corrected chi connectivity index (χ4v) is 1.51. The zero-order valence-corrected chi connectivity index (χ0v) is 12.2. The van der Waals surface area contributed by atoms with Gasteiger partial charge >= 0.3 is 0 Å². The Labute approximate surface area is 120 Å². The summed E-state index contributed by atoms with van der Waals surface area (Å²) in [4.78, 5) is 8.27. The molecule has 0 unspecified atom stereocenters. The van der Waals surface area contributed by atoms with Gasteiger partial charge in [0.05, 0.1) is 13.2 Å². The molecule has 0 atom stereocenters. The summed E-state index contributed by atoms with van der Waals surface area (Å²) in [6.45, 7) is 1.49. The maximum absolute atomic E-state index is 4.91. The molecule has 2 aromatic rings. The van der Waals surface area contributed by atoms with Crippen molar-refractivity contribution >= 4 is 0 Å². The SMILES string of the molecule is COCCc1ccccn1.COCCc1ccccn1. The maximum Gasteiger partial charge on any atom is 0.0517 e. The van der Waals surface area contributed by atoms with Crippen LogP contribution in [-0.4, -0.2) is 37.4 Å². The van der Waals surface area contributed by atoms with Gasteiger partial charge in [-0.1, -0.05) is 12.1 Å². The summed E-state index contributed by atoms with van der Waals surface area (Å²) in [5.74, 6) is 0.